The Morgan fingerprint density at radius 3 is 2.95 bits per heavy atom. The summed E-state index contributed by atoms with van der Waals surface area (Å²) in [5.41, 5.74) is 2.00. The van der Waals surface area contributed by atoms with Crippen molar-refractivity contribution < 1.29 is 4.79 Å². The molecule has 0 saturated carbocycles. The summed E-state index contributed by atoms with van der Waals surface area (Å²) in [7, 11) is 0. The summed E-state index contributed by atoms with van der Waals surface area (Å²) in [4.78, 5) is 19.4. The van der Waals surface area contributed by atoms with Crippen LogP contribution in [0.3, 0.4) is 0 Å². The highest BCUT2D eigenvalue weighted by Crippen LogP contribution is 2.30. The van der Waals surface area contributed by atoms with Crippen molar-refractivity contribution in [3.8, 4) is 0 Å². The van der Waals surface area contributed by atoms with Crippen LogP contribution in [-0.2, 0) is 17.8 Å². The molecule has 1 aliphatic heterocycles. The van der Waals surface area contributed by atoms with E-state index in [-0.39, 0.29) is 5.91 Å². The number of carbonyl (C=O) groups is 1. The van der Waals surface area contributed by atoms with Crippen molar-refractivity contribution in [1.82, 2.24) is 4.98 Å². The van der Waals surface area contributed by atoms with Crippen LogP contribution in [0.1, 0.15) is 29.7 Å². The molecule has 3 rings (SSSR count). The quantitative estimate of drug-likeness (QED) is 0.920. The van der Waals surface area contributed by atoms with Crippen molar-refractivity contribution in [2.45, 2.75) is 32.7 Å². The van der Waals surface area contributed by atoms with Crippen LogP contribution in [0, 0.1) is 0 Å². The summed E-state index contributed by atoms with van der Waals surface area (Å²) in [5, 5.41) is 4.60. The lowest BCUT2D eigenvalue weighted by Gasteiger charge is -2.20. The Hall–Kier alpha value is -1.88. The number of thiazole rings is 1. The lowest BCUT2D eigenvalue weighted by Crippen LogP contribution is -2.24. The van der Waals surface area contributed by atoms with Crippen LogP contribution in [0.15, 0.2) is 30.5 Å². The number of para-hydroxylation sites is 2. The Morgan fingerprint density at radius 2 is 2.24 bits per heavy atom. The van der Waals surface area contributed by atoms with E-state index in [2.05, 4.69) is 17.2 Å². The number of nitrogens with zero attached hydrogens (tertiary/aromatic N) is 2. The van der Waals surface area contributed by atoms with Crippen LogP contribution in [-0.4, -0.2) is 17.4 Å². The Labute approximate surface area is 128 Å². The molecule has 0 unspecified atom stereocenters. The maximum Gasteiger partial charge on any atom is 0.227 e. The molecule has 1 N–H and O–H groups in total. The van der Waals surface area contributed by atoms with E-state index in [4.69, 9.17) is 0 Å². The number of carbonyl (C=O) groups excluding carboxylic acids is 1. The molecule has 2 heterocycles. The fraction of sp³-hybridized carbons (Fsp3) is 0.375. The highest BCUT2D eigenvalue weighted by atomic mass is 32.1. The van der Waals surface area contributed by atoms with Crippen molar-refractivity contribution in [3.63, 3.8) is 0 Å². The molecule has 1 aromatic carbocycles. The smallest absolute Gasteiger partial charge is 0.227 e. The number of rotatable bonds is 5. The number of benzene rings is 1. The van der Waals surface area contributed by atoms with Gasteiger partial charge in [0.2, 0.25) is 5.91 Å². The fourth-order valence-corrected chi connectivity index (χ4v) is 3.34. The zero-order valence-electron chi connectivity index (χ0n) is 12.1. The van der Waals surface area contributed by atoms with E-state index in [0.29, 0.717) is 6.42 Å². The summed E-state index contributed by atoms with van der Waals surface area (Å²) in [6.07, 6.45) is 4.51. The van der Waals surface area contributed by atoms with Gasteiger partial charge in [0.15, 0.2) is 0 Å². The van der Waals surface area contributed by atoms with Crippen LogP contribution in [0.5, 0.6) is 0 Å². The van der Waals surface area contributed by atoms with E-state index in [1.165, 1.54) is 4.88 Å². The van der Waals surface area contributed by atoms with Crippen molar-refractivity contribution >= 4 is 28.6 Å². The zero-order valence-corrected chi connectivity index (χ0v) is 12.9. The van der Waals surface area contributed by atoms with Crippen molar-refractivity contribution in [3.05, 3.63) is 40.3 Å². The lowest BCUT2D eigenvalue weighted by molar-refractivity contribution is -0.117. The number of hydrogen-bond donors (Lipinski definition) is 1. The lowest BCUT2D eigenvalue weighted by atomic mass is 10.2. The predicted molar refractivity (Wildman–Crippen MR) is 86.8 cm³/mol. The highest BCUT2D eigenvalue weighted by Gasteiger charge is 2.23. The molecule has 1 saturated heterocycles. The fourth-order valence-electron chi connectivity index (χ4n) is 2.54. The molecule has 0 bridgehead atoms. The molecule has 1 amide bonds. The molecule has 0 atom stereocenters. The van der Waals surface area contributed by atoms with Gasteiger partial charge in [-0.3, -0.25) is 4.79 Å². The predicted octanol–water partition coefficient (Wildman–Crippen LogP) is 3.44. The van der Waals surface area contributed by atoms with Crippen molar-refractivity contribution in [1.29, 1.82) is 0 Å². The number of hydrogen-bond acceptors (Lipinski definition) is 4. The van der Waals surface area contributed by atoms with Gasteiger partial charge in [0.25, 0.3) is 0 Å². The van der Waals surface area contributed by atoms with Crippen LogP contribution in [0.2, 0.25) is 0 Å². The van der Waals surface area contributed by atoms with E-state index >= 15 is 0 Å². The second-order valence-corrected chi connectivity index (χ2v) is 6.29. The second-order valence-electron chi connectivity index (χ2n) is 5.09. The van der Waals surface area contributed by atoms with E-state index in [1.807, 2.05) is 35.4 Å². The molecule has 110 valence electrons. The van der Waals surface area contributed by atoms with Gasteiger partial charge in [0.1, 0.15) is 0 Å². The van der Waals surface area contributed by atoms with E-state index in [1.54, 1.807) is 11.3 Å². The monoisotopic (exact) mass is 301 g/mol. The van der Waals surface area contributed by atoms with Crippen LogP contribution >= 0.6 is 11.3 Å². The largest absolute Gasteiger partial charge is 0.378 e. The summed E-state index contributed by atoms with van der Waals surface area (Å²) in [6, 6.07) is 8.02. The molecule has 0 spiro atoms. The topological polar surface area (TPSA) is 45.2 Å². The molecule has 0 radical (unpaired) electrons. The molecule has 5 heteroatoms. The first-order valence-electron chi connectivity index (χ1n) is 7.34. The molecule has 2 aromatic rings. The van der Waals surface area contributed by atoms with Gasteiger partial charge >= 0.3 is 0 Å². The minimum Gasteiger partial charge on any atom is -0.378 e. The van der Waals surface area contributed by atoms with E-state index < -0.39 is 0 Å². The highest BCUT2D eigenvalue weighted by molar-refractivity contribution is 7.11. The first-order valence-corrected chi connectivity index (χ1v) is 8.16. The minimum atomic E-state index is 0.218. The summed E-state index contributed by atoms with van der Waals surface area (Å²) < 4.78 is 0. The average Bonchev–Trinajstić information content (AvgIpc) is 3.14. The molecule has 1 aromatic heterocycles. The maximum absolute atomic E-state index is 11.9. The molecular formula is C16H19N3OS. The first-order chi connectivity index (χ1) is 10.3. The van der Waals surface area contributed by atoms with Crippen molar-refractivity contribution in [2.24, 2.45) is 0 Å². The zero-order chi connectivity index (χ0) is 14.7. The summed E-state index contributed by atoms with van der Waals surface area (Å²) in [6.45, 7) is 3.68. The van der Waals surface area contributed by atoms with Gasteiger partial charge in [-0.25, -0.2) is 4.98 Å². The Balaban J connectivity index is 1.74. The average molecular weight is 301 g/mol. The SMILES string of the molecule is CCc1ncc(CNc2ccccc2N2CCCC2=O)s1. The molecule has 1 aliphatic rings. The third kappa shape index (κ3) is 3.08. The molecule has 1 fully saturated rings. The number of aryl methyl sites for hydroxylation is 1. The molecule has 0 aliphatic carbocycles. The van der Waals surface area contributed by atoms with E-state index in [0.717, 1.165) is 42.3 Å². The standard InChI is InChI=1S/C16H19N3OS/c1-2-15-18-11-12(21-15)10-17-13-6-3-4-7-14(13)19-9-5-8-16(19)20/h3-4,6-7,11,17H,2,5,8-10H2,1H3. The van der Waals surface area contributed by atoms with Gasteiger partial charge in [-0.2, -0.15) is 0 Å². The number of anilines is 2. The number of aromatic nitrogens is 1. The van der Waals surface area contributed by atoms with Gasteiger partial charge in [0, 0.05) is 24.0 Å². The Morgan fingerprint density at radius 1 is 1.38 bits per heavy atom. The molecule has 21 heavy (non-hydrogen) atoms. The van der Waals surface area contributed by atoms with Crippen LogP contribution < -0.4 is 10.2 Å². The van der Waals surface area contributed by atoms with Gasteiger partial charge in [-0.15, -0.1) is 11.3 Å². The van der Waals surface area contributed by atoms with Crippen molar-refractivity contribution in [2.75, 3.05) is 16.8 Å². The van der Waals surface area contributed by atoms with Gasteiger partial charge in [-0.05, 0) is 25.0 Å². The van der Waals surface area contributed by atoms with Crippen LogP contribution in [0.4, 0.5) is 11.4 Å². The molecule has 4 nitrogen and oxygen atoms in total. The Bertz CT molecular complexity index is 638. The summed E-state index contributed by atoms with van der Waals surface area (Å²) >= 11 is 1.74. The van der Waals surface area contributed by atoms with Gasteiger partial charge < -0.3 is 10.2 Å². The Kier molecular flexibility index (Phi) is 4.20. The first kappa shape index (κ1) is 14.1. The second kappa shape index (κ2) is 6.26. The molecular weight excluding hydrogens is 282 g/mol. The third-order valence-corrected chi connectivity index (χ3v) is 4.77. The van der Waals surface area contributed by atoms with Crippen LogP contribution in [0.25, 0.3) is 0 Å². The number of nitrogens with one attached hydrogen (secondary N) is 1. The van der Waals surface area contributed by atoms with Gasteiger partial charge in [0.05, 0.1) is 22.9 Å². The summed E-state index contributed by atoms with van der Waals surface area (Å²) in [5.74, 6) is 0.218. The van der Waals surface area contributed by atoms with E-state index in [9.17, 15) is 4.79 Å². The van der Waals surface area contributed by atoms with Gasteiger partial charge in [-0.1, -0.05) is 19.1 Å². The third-order valence-electron chi connectivity index (χ3n) is 3.63. The number of amides is 1. The minimum absolute atomic E-state index is 0.218. The normalized spacial score (nSPS) is 14.7. The maximum atomic E-state index is 11.9.